The van der Waals surface area contributed by atoms with Crippen LogP contribution in [0.15, 0.2) is 42.5 Å². The topological polar surface area (TPSA) is 53.6 Å². The Morgan fingerprint density at radius 3 is 2.46 bits per heavy atom. The molecule has 2 aromatic rings. The molecule has 0 fully saturated rings. The molecule has 0 spiro atoms. The lowest BCUT2D eigenvalue weighted by Crippen LogP contribution is -2.22. The molecule has 0 heterocycles. The molecule has 2 rings (SSSR count). The van der Waals surface area contributed by atoms with Crippen LogP contribution in [0.4, 0.5) is 17.1 Å². The van der Waals surface area contributed by atoms with Crippen molar-refractivity contribution in [3.63, 3.8) is 0 Å². The normalized spacial score (nSPS) is 10.3. The number of hydrogen-bond donors (Lipinski definition) is 2. The van der Waals surface area contributed by atoms with Crippen LogP contribution in [0.25, 0.3) is 0 Å². The lowest BCUT2D eigenvalue weighted by molar-refractivity contribution is -0.116. The van der Waals surface area contributed by atoms with Crippen LogP contribution < -0.4 is 20.3 Å². The Bertz CT molecular complexity index is 727. The minimum Gasteiger partial charge on any atom is -0.495 e. The van der Waals surface area contributed by atoms with Crippen molar-refractivity contribution in [2.45, 2.75) is 27.2 Å². The second-order valence-corrected chi connectivity index (χ2v) is 6.10. The third-order valence-corrected chi connectivity index (χ3v) is 4.39. The summed E-state index contributed by atoms with van der Waals surface area (Å²) < 4.78 is 5.25. The van der Waals surface area contributed by atoms with Crippen molar-refractivity contribution < 1.29 is 9.53 Å². The summed E-state index contributed by atoms with van der Waals surface area (Å²) in [7, 11) is 1.59. The quantitative estimate of drug-likeness (QED) is 0.704. The maximum Gasteiger partial charge on any atom is 0.226 e. The van der Waals surface area contributed by atoms with Crippen LogP contribution in [0.3, 0.4) is 0 Å². The number of rotatable bonds is 9. The number of nitrogens with zero attached hydrogens (tertiary/aromatic N) is 1. The van der Waals surface area contributed by atoms with Crippen molar-refractivity contribution in [2.24, 2.45) is 0 Å². The highest BCUT2D eigenvalue weighted by atomic mass is 16.5. The summed E-state index contributed by atoms with van der Waals surface area (Å²) >= 11 is 0. The van der Waals surface area contributed by atoms with Gasteiger partial charge in [0.25, 0.3) is 0 Å². The molecule has 0 aliphatic carbocycles. The van der Waals surface area contributed by atoms with E-state index in [4.69, 9.17) is 4.74 Å². The number of nitrogens with one attached hydrogen (secondary N) is 2. The molecular weight excluding hydrogens is 326 g/mol. The third-order valence-electron chi connectivity index (χ3n) is 4.39. The minimum absolute atomic E-state index is 0.0422. The molecule has 140 valence electrons. The smallest absolute Gasteiger partial charge is 0.226 e. The summed E-state index contributed by atoms with van der Waals surface area (Å²) in [5.41, 5.74) is 4.16. The zero-order chi connectivity index (χ0) is 18.9. The number of carbonyl (C=O) groups is 1. The lowest BCUT2D eigenvalue weighted by Gasteiger charge is -2.22. The number of anilines is 3. The van der Waals surface area contributed by atoms with E-state index in [1.165, 1.54) is 11.3 Å². The molecule has 0 aliphatic heterocycles. The van der Waals surface area contributed by atoms with Gasteiger partial charge in [-0.15, -0.1) is 0 Å². The summed E-state index contributed by atoms with van der Waals surface area (Å²) in [5.74, 6) is 0.621. The largest absolute Gasteiger partial charge is 0.495 e. The maximum absolute atomic E-state index is 12.2. The predicted octanol–water partition coefficient (Wildman–Crippen LogP) is 4.29. The Balaban J connectivity index is 1.88. The van der Waals surface area contributed by atoms with Crippen molar-refractivity contribution >= 4 is 23.0 Å². The molecule has 0 saturated heterocycles. The summed E-state index contributed by atoms with van der Waals surface area (Å²) in [5, 5.41) is 6.24. The second-order valence-electron chi connectivity index (χ2n) is 6.10. The zero-order valence-electron chi connectivity index (χ0n) is 16.1. The number of ether oxygens (including phenoxy) is 1. The Morgan fingerprint density at radius 2 is 1.81 bits per heavy atom. The van der Waals surface area contributed by atoms with Crippen LogP contribution in [0.5, 0.6) is 5.75 Å². The van der Waals surface area contributed by atoms with Crippen LogP contribution in [-0.2, 0) is 4.79 Å². The van der Waals surface area contributed by atoms with E-state index in [1.807, 2.05) is 24.3 Å². The Hall–Kier alpha value is -2.69. The number of para-hydroxylation sites is 2. The zero-order valence-corrected chi connectivity index (χ0v) is 16.1. The number of aryl methyl sites for hydroxylation is 1. The van der Waals surface area contributed by atoms with Crippen molar-refractivity contribution in [3.05, 3.63) is 48.0 Å². The highest BCUT2D eigenvalue weighted by molar-refractivity contribution is 5.92. The van der Waals surface area contributed by atoms with Gasteiger partial charge in [-0.2, -0.15) is 0 Å². The molecule has 0 unspecified atom stereocenters. The standard InChI is InChI=1S/C21H29N3O2/c1-5-24(6-2)17-11-12-18(16(3)15-17)22-14-13-21(25)23-19-9-7-8-10-20(19)26-4/h7-12,15,22H,5-6,13-14H2,1-4H3,(H,23,25). The summed E-state index contributed by atoms with van der Waals surface area (Å²) in [4.78, 5) is 14.5. The van der Waals surface area contributed by atoms with Gasteiger partial charge in [0.1, 0.15) is 5.75 Å². The first-order chi connectivity index (χ1) is 12.6. The van der Waals surface area contributed by atoms with Crippen molar-refractivity contribution in [1.29, 1.82) is 0 Å². The summed E-state index contributed by atoms with van der Waals surface area (Å²) in [6, 6.07) is 13.8. The van der Waals surface area contributed by atoms with E-state index >= 15 is 0 Å². The van der Waals surface area contributed by atoms with E-state index in [1.54, 1.807) is 7.11 Å². The van der Waals surface area contributed by atoms with Gasteiger partial charge in [0.15, 0.2) is 0 Å². The van der Waals surface area contributed by atoms with Gasteiger partial charge in [0, 0.05) is 37.4 Å². The maximum atomic E-state index is 12.2. The molecule has 5 nitrogen and oxygen atoms in total. The molecule has 0 saturated carbocycles. The molecule has 26 heavy (non-hydrogen) atoms. The van der Waals surface area contributed by atoms with Crippen LogP contribution >= 0.6 is 0 Å². The van der Waals surface area contributed by atoms with Crippen molar-refractivity contribution in [1.82, 2.24) is 0 Å². The molecule has 2 N–H and O–H groups in total. The molecular formula is C21H29N3O2. The average molecular weight is 355 g/mol. The monoisotopic (exact) mass is 355 g/mol. The molecule has 0 atom stereocenters. The number of carbonyl (C=O) groups excluding carboxylic acids is 1. The Labute approximate surface area is 156 Å². The first kappa shape index (κ1) is 19.6. The number of methoxy groups -OCH3 is 1. The van der Waals surface area contributed by atoms with Crippen LogP contribution in [0.1, 0.15) is 25.8 Å². The number of hydrogen-bond acceptors (Lipinski definition) is 4. The van der Waals surface area contributed by atoms with E-state index in [2.05, 4.69) is 54.5 Å². The fourth-order valence-electron chi connectivity index (χ4n) is 2.90. The lowest BCUT2D eigenvalue weighted by atomic mass is 10.1. The van der Waals surface area contributed by atoms with Crippen molar-refractivity contribution in [3.8, 4) is 5.75 Å². The molecule has 0 radical (unpaired) electrons. The van der Waals surface area contributed by atoms with E-state index < -0.39 is 0 Å². The van der Waals surface area contributed by atoms with E-state index in [0.29, 0.717) is 24.4 Å². The van der Waals surface area contributed by atoms with Crippen LogP contribution in [0, 0.1) is 6.92 Å². The molecule has 1 amide bonds. The summed E-state index contributed by atoms with van der Waals surface area (Å²) in [6.07, 6.45) is 0.384. The van der Waals surface area contributed by atoms with Crippen LogP contribution in [-0.4, -0.2) is 32.7 Å². The minimum atomic E-state index is -0.0422. The highest BCUT2D eigenvalue weighted by Crippen LogP contribution is 2.24. The number of benzene rings is 2. The van der Waals surface area contributed by atoms with Crippen LogP contribution in [0.2, 0.25) is 0 Å². The van der Waals surface area contributed by atoms with Gasteiger partial charge in [-0.25, -0.2) is 0 Å². The molecule has 5 heteroatoms. The predicted molar refractivity (Wildman–Crippen MR) is 109 cm³/mol. The van der Waals surface area contributed by atoms with Gasteiger partial charge in [-0.05, 0) is 56.7 Å². The average Bonchev–Trinajstić information content (AvgIpc) is 2.65. The van der Waals surface area contributed by atoms with E-state index in [9.17, 15) is 4.79 Å². The van der Waals surface area contributed by atoms with E-state index in [0.717, 1.165) is 18.8 Å². The van der Waals surface area contributed by atoms with Gasteiger partial charge >= 0.3 is 0 Å². The molecule has 0 bridgehead atoms. The first-order valence-electron chi connectivity index (χ1n) is 9.11. The van der Waals surface area contributed by atoms with Gasteiger partial charge in [0.2, 0.25) is 5.91 Å². The first-order valence-corrected chi connectivity index (χ1v) is 9.11. The Kier molecular flexibility index (Phi) is 7.33. The second kappa shape index (κ2) is 9.70. The fourth-order valence-corrected chi connectivity index (χ4v) is 2.90. The number of amides is 1. The fraction of sp³-hybridized carbons (Fsp3) is 0.381. The summed E-state index contributed by atoms with van der Waals surface area (Å²) in [6.45, 7) is 8.96. The molecule has 0 aliphatic rings. The Morgan fingerprint density at radius 1 is 1.08 bits per heavy atom. The van der Waals surface area contributed by atoms with Gasteiger partial charge in [-0.3, -0.25) is 4.79 Å². The SMILES string of the molecule is CCN(CC)c1ccc(NCCC(=O)Nc2ccccc2OC)c(C)c1. The van der Waals surface area contributed by atoms with Crippen molar-refractivity contribution in [2.75, 3.05) is 42.3 Å². The van der Waals surface area contributed by atoms with E-state index in [-0.39, 0.29) is 5.91 Å². The van der Waals surface area contributed by atoms with Gasteiger partial charge in [-0.1, -0.05) is 12.1 Å². The third kappa shape index (κ3) is 5.15. The van der Waals surface area contributed by atoms with Gasteiger partial charge in [0.05, 0.1) is 12.8 Å². The highest BCUT2D eigenvalue weighted by Gasteiger charge is 2.08. The molecule has 2 aromatic carbocycles. The van der Waals surface area contributed by atoms with Gasteiger partial charge < -0.3 is 20.3 Å². The molecule has 0 aromatic heterocycles.